The highest BCUT2D eigenvalue weighted by atomic mass is 19.4. The molecule has 2 atom stereocenters. The van der Waals surface area contributed by atoms with Crippen LogP contribution in [-0.4, -0.2) is 41.4 Å². The predicted molar refractivity (Wildman–Crippen MR) is 105 cm³/mol. The minimum Gasteiger partial charge on any atom is -0.390 e. The second kappa shape index (κ2) is 7.87. The Bertz CT molecular complexity index is 817. The second-order valence-electron chi connectivity index (χ2n) is 8.49. The number of pyridine rings is 1. The number of aliphatic hydroxyl groups is 1. The molecule has 0 aliphatic carbocycles. The number of alkyl halides is 3. The number of rotatable bonds is 5. The lowest BCUT2D eigenvalue weighted by atomic mass is 9.94. The zero-order chi connectivity index (χ0) is 20.5. The molecule has 0 bridgehead atoms. The van der Waals surface area contributed by atoms with E-state index in [1.165, 1.54) is 6.20 Å². The molecule has 1 saturated heterocycles. The first-order chi connectivity index (χ1) is 13.0. The van der Waals surface area contributed by atoms with Gasteiger partial charge >= 0.3 is 6.18 Å². The summed E-state index contributed by atoms with van der Waals surface area (Å²) in [6, 6.07) is 6.32. The lowest BCUT2D eigenvalue weighted by Gasteiger charge is -2.39. The third-order valence-corrected chi connectivity index (χ3v) is 5.22. The summed E-state index contributed by atoms with van der Waals surface area (Å²) in [6.07, 6.45) is -1.38. The molecule has 3 rings (SSSR count). The van der Waals surface area contributed by atoms with Crippen molar-refractivity contribution in [3.63, 3.8) is 0 Å². The number of nitrogens with zero attached hydrogens (tertiary/aromatic N) is 2. The van der Waals surface area contributed by atoms with E-state index in [9.17, 15) is 18.3 Å². The first-order valence-electron chi connectivity index (χ1n) is 9.70. The second-order valence-corrected chi connectivity index (χ2v) is 8.49. The van der Waals surface area contributed by atoms with Crippen LogP contribution in [0.2, 0.25) is 0 Å². The van der Waals surface area contributed by atoms with Gasteiger partial charge in [0.25, 0.3) is 0 Å². The molecule has 0 saturated carbocycles. The van der Waals surface area contributed by atoms with Crippen molar-refractivity contribution in [3.05, 3.63) is 36.0 Å². The molecule has 1 aliphatic rings. The maximum absolute atomic E-state index is 13.4. The van der Waals surface area contributed by atoms with Crippen LogP contribution in [0.15, 0.2) is 30.5 Å². The summed E-state index contributed by atoms with van der Waals surface area (Å²) >= 11 is 0. The van der Waals surface area contributed by atoms with Crippen LogP contribution in [0, 0.1) is 5.92 Å². The molecule has 0 amide bonds. The first kappa shape index (κ1) is 20.9. The molecule has 0 spiro atoms. The number of anilines is 1. The number of benzene rings is 1. The number of piperidine rings is 1. The SMILES string of the molecule is C[C@@H]1C[C@H](NCCC(C)(C)O)CN(c2ccc(C(F)(F)F)c3ncccc23)C1. The van der Waals surface area contributed by atoms with Crippen LogP contribution in [0.1, 0.15) is 39.2 Å². The van der Waals surface area contributed by atoms with Crippen LogP contribution >= 0.6 is 0 Å². The summed E-state index contributed by atoms with van der Waals surface area (Å²) in [5, 5.41) is 13.9. The zero-order valence-corrected chi connectivity index (χ0v) is 16.6. The Morgan fingerprint density at radius 3 is 2.64 bits per heavy atom. The number of hydrogen-bond acceptors (Lipinski definition) is 4. The zero-order valence-electron chi connectivity index (χ0n) is 16.6. The van der Waals surface area contributed by atoms with Crippen molar-refractivity contribution in [2.24, 2.45) is 5.92 Å². The minimum absolute atomic E-state index is 0.00253. The van der Waals surface area contributed by atoms with Gasteiger partial charge in [-0.1, -0.05) is 6.92 Å². The fourth-order valence-corrected chi connectivity index (χ4v) is 3.94. The molecule has 0 unspecified atom stereocenters. The lowest BCUT2D eigenvalue weighted by Crippen LogP contribution is -2.49. The van der Waals surface area contributed by atoms with Gasteiger partial charge in [0, 0.05) is 36.4 Å². The number of aromatic nitrogens is 1. The van der Waals surface area contributed by atoms with Crippen LogP contribution in [0.25, 0.3) is 10.9 Å². The molecule has 1 aromatic heterocycles. The topological polar surface area (TPSA) is 48.4 Å². The van der Waals surface area contributed by atoms with Gasteiger partial charge < -0.3 is 15.3 Å². The largest absolute Gasteiger partial charge is 0.418 e. The Labute approximate surface area is 163 Å². The third kappa shape index (κ3) is 4.94. The molecule has 1 fully saturated rings. The Morgan fingerprint density at radius 2 is 1.96 bits per heavy atom. The molecule has 4 nitrogen and oxygen atoms in total. The van der Waals surface area contributed by atoms with E-state index >= 15 is 0 Å². The van der Waals surface area contributed by atoms with Gasteiger partial charge in [-0.3, -0.25) is 4.98 Å². The van der Waals surface area contributed by atoms with E-state index in [2.05, 4.69) is 22.1 Å². The normalized spacial score (nSPS) is 21.3. The summed E-state index contributed by atoms with van der Waals surface area (Å²) in [5.41, 5.74) is -0.631. The summed E-state index contributed by atoms with van der Waals surface area (Å²) in [7, 11) is 0. The molecule has 154 valence electrons. The van der Waals surface area contributed by atoms with E-state index < -0.39 is 17.3 Å². The van der Waals surface area contributed by atoms with Crippen molar-refractivity contribution in [1.82, 2.24) is 10.3 Å². The van der Waals surface area contributed by atoms with Crippen LogP contribution in [0.3, 0.4) is 0 Å². The van der Waals surface area contributed by atoms with Gasteiger partial charge in [0.1, 0.15) is 0 Å². The van der Waals surface area contributed by atoms with Crippen molar-refractivity contribution in [3.8, 4) is 0 Å². The molecule has 0 radical (unpaired) electrons. The minimum atomic E-state index is -4.43. The summed E-state index contributed by atoms with van der Waals surface area (Å²) < 4.78 is 40.1. The molecular formula is C21H28F3N3O. The molecule has 7 heteroatoms. The van der Waals surface area contributed by atoms with E-state index in [1.807, 2.05) is 0 Å². The van der Waals surface area contributed by atoms with E-state index in [0.717, 1.165) is 24.7 Å². The van der Waals surface area contributed by atoms with Gasteiger partial charge in [0.05, 0.1) is 16.7 Å². The number of halogens is 3. The van der Waals surface area contributed by atoms with Crippen LogP contribution < -0.4 is 10.2 Å². The van der Waals surface area contributed by atoms with Crippen LogP contribution in [-0.2, 0) is 6.18 Å². The van der Waals surface area contributed by atoms with Crippen molar-refractivity contribution < 1.29 is 18.3 Å². The van der Waals surface area contributed by atoms with Crippen molar-refractivity contribution in [2.45, 2.75) is 51.4 Å². The van der Waals surface area contributed by atoms with Gasteiger partial charge in [0.2, 0.25) is 0 Å². The first-order valence-corrected chi connectivity index (χ1v) is 9.70. The van der Waals surface area contributed by atoms with E-state index in [1.54, 1.807) is 32.0 Å². The van der Waals surface area contributed by atoms with Gasteiger partial charge in [-0.2, -0.15) is 13.2 Å². The van der Waals surface area contributed by atoms with Gasteiger partial charge in [-0.05, 0) is 63.4 Å². The number of hydrogen-bond donors (Lipinski definition) is 2. The Balaban J connectivity index is 1.85. The van der Waals surface area contributed by atoms with E-state index in [4.69, 9.17) is 0 Å². The summed E-state index contributed by atoms with van der Waals surface area (Å²) in [4.78, 5) is 6.18. The molecular weight excluding hydrogens is 367 g/mol. The standard InChI is InChI=1S/C21H28F3N3O/c1-14-11-15(25-10-8-20(2,3)28)13-27(12-14)18-7-6-17(21(22,23)24)19-16(18)5-4-9-26-19/h4-7,9,14-15,25,28H,8,10-13H2,1-3H3/t14-,15+/m1/s1. The fraction of sp³-hybridized carbons (Fsp3) is 0.571. The van der Waals surface area contributed by atoms with Crippen LogP contribution in [0.5, 0.6) is 0 Å². The lowest BCUT2D eigenvalue weighted by molar-refractivity contribution is -0.136. The Hall–Kier alpha value is -1.86. The molecule has 2 aromatic rings. The van der Waals surface area contributed by atoms with E-state index in [-0.39, 0.29) is 11.6 Å². The molecule has 1 aliphatic heterocycles. The third-order valence-electron chi connectivity index (χ3n) is 5.22. The highest BCUT2D eigenvalue weighted by Crippen LogP contribution is 2.38. The summed E-state index contributed by atoms with van der Waals surface area (Å²) in [6.45, 7) is 7.92. The highest BCUT2D eigenvalue weighted by molar-refractivity contribution is 5.94. The van der Waals surface area contributed by atoms with Crippen molar-refractivity contribution in [1.29, 1.82) is 0 Å². The molecule has 2 N–H and O–H groups in total. The van der Waals surface area contributed by atoms with Gasteiger partial charge in [0.15, 0.2) is 0 Å². The predicted octanol–water partition coefficient (Wildman–Crippen LogP) is 4.22. The maximum Gasteiger partial charge on any atom is 0.418 e. The average molecular weight is 395 g/mol. The van der Waals surface area contributed by atoms with Gasteiger partial charge in [-0.25, -0.2) is 0 Å². The van der Waals surface area contributed by atoms with Crippen molar-refractivity contribution in [2.75, 3.05) is 24.5 Å². The van der Waals surface area contributed by atoms with Gasteiger partial charge in [-0.15, -0.1) is 0 Å². The number of nitrogens with one attached hydrogen (secondary N) is 1. The Kier molecular flexibility index (Phi) is 5.87. The fourth-order valence-electron chi connectivity index (χ4n) is 3.94. The molecule has 2 heterocycles. The molecule has 28 heavy (non-hydrogen) atoms. The van der Waals surface area contributed by atoms with E-state index in [0.29, 0.717) is 30.8 Å². The monoisotopic (exact) mass is 395 g/mol. The maximum atomic E-state index is 13.4. The smallest absolute Gasteiger partial charge is 0.390 e. The van der Waals surface area contributed by atoms with Crippen molar-refractivity contribution >= 4 is 16.6 Å². The number of fused-ring (bicyclic) bond motifs is 1. The quantitative estimate of drug-likeness (QED) is 0.796. The Morgan fingerprint density at radius 1 is 1.21 bits per heavy atom. The van der Waals surface area contributed by atoms with Crippen LogP contribution in [0.4, 0.5) is 18.9 Å². The highest BCUT2D eigenvalue weighted by Gasteiger charge is 2.34. The summed E-state index contributed by atoms with van der Waals surface area (Å²) in [5.74, 6) is 0.405. The average Bonchev–Trinajstić information content (AvgIpc) is 2.58. The molecule has 1 aromatic carbocycles.